The average molecular weight is 151 g/mol. The van der Waals surface area contributed by atoms with E-state index in [0.717, 1.165) is 6.42 Å². The van der Waals surface area contributed by atoms with E-state index in [9.17, 15) is 0 Å². The van der Waals surface area contributed by atoms with Crippen molar-refractivity contribution in [3.05, 3.63) is 0 Å². The maximum atomic E-state index is 5.50. The van der Waals surface area contributed by atoms with Crippen LogP contribution in [0.3, 0.4) is 0 Å². The number of aliphatic imine (C=N–C) groups is 2. The SMILES string of the molecule is ClC1=NC(Cl)=NCC1. The van der Waals surface area contributed by atoms with Gasteiger partial charge in [-0.15, -0.1) is 0 Å². The highest BCUT2D eigenvalue weighted by Crippen LogP contribution is 2.03. The van der Waals surface area contributed by atoms with Crippen LogP contribution in [0.2, 0.25) is 0 Å². The highest BCUT2D eigenvalue weighted by Gasteiger charge is 2.01. The molecule has 0 fully saturated rings. The van der Waals surface area contributed by atoms with Crippen molar-refractivity contribution in [2.24, 2.45) is 9.98 Å². The Morgan fingerprint density at radius 1 is 1.38 bits per heavy atom. The van der Waals surface area contributed by atoms with Gasteiger partial charge in [0.25, 0.3) is 0 Å². The van der Waals surface area contributed by atoms with Gasteiger partial charge in [0.2, 0.25) is 5.29 Å². The Hall–Kier alpha value is -0.0800. The zero-order chi connectivity index (χ0) is 5.98. The molecular weight excluding hydrogens is 147 g/mol. The molecular formula is C4H4Cl2N2. The topological polar surface area (TPSA) is 24.7 Å². The second-order valence-electron chi connectivity index (χ2n) is 1.39. The predicted octanol–water partition coefficient (Wildman–Crippen LogP) is 1.62. The number of amidine groups is 1. The molecule has 8 heavy (non-hydrogen) atoms. The minimum absolute atomic E-state index is 0.265. The quantitative estimate of drug-likeness (QED) is 0.470. The van der Waals surface area contributed by atoms with E-state index in [2.05, 4.69) is 9.98 Å². The predicted molar refractivity (Wildman–Crippen MR) is 36.1 cm³/mol. The van der Waals surface area contributed by atoms with Crippen LogP contribution in [-0.2, 0) is 0 Å². The van der Waals surface area contributed by atoms with E-state index in [1.807, 2.05) is 0 Å². The third-order valence-electron chi connectivity index (χ3n) is 0.774. The number of hydrogen-bond donors (Lipinski definition) is 0. The van der Waals surface area contributed by atoms with Gasteiger partial charge in [-0.2, -0.15) is 0 Å². The van der Waals surface area contributed by atoms with Crippen LogP contribution in [-0.4, -0.2) is 17.0 Å². The summed E-state index contributed by atoms with van der Waals surface area (Å²) in [6.07, 6.45) is 0.720. The molecule has 0 aromatic heterocycles. The fourth-order valence-corrected chi connectivity index (χ4v) is 0.826. The van der Waals surface area contributed by atoms with Gasteiger partial charge in [-0.1, -0.05) is 11.6 Å². The van der Waals surface area contributed by atoms with Crippen LogP contribution >= 0.6 is 23.2 Å². The van der Waals surface area contributed by atoms with Crippen molar-refractivity contribution in [3.8, 4) is 0 Å². The van der Waals surface area contributed by atoms with Gasteiger partial charge in [0.1, 0.15) is 5.17 Å². The average Bonchev–Trinajstić information content (AvgIpc) is 1.64. The number of rotatable bonds is 0. The first-order chi connectivity index (χ1) is 3.79. The molecule has 1 heterocycles. The van der Waals surface area contributed by atoms with Crippen LogP contribution in [0.25, 0.3) is 0 Å². The molecule has 1 aliphatic heterocycles. The van der Waals surface area contributed by atoms with Gasteiger partial charge >= 0.3 is 0 Å². The molecule has 44 valence electrons. The van der Waals surface area contributed by atoms with Crippen molar-refractivity contribution in [1.29, 1.82) is 0 Å². The molecule has 0 atom stereocenters. The van der Waals surface area contributed by atoms with E-state index in [1.165, 1.54) is 0 Å². The molecule has 1 rings (SSSR count). The van der Waals surface area contributed by atoms with Gasteiger partial charge in [-0.05, 0) is 11.6 Å². The van der Waals surface area contributed by atoms with E-state index in [1.54, 1.807) is 0 Å². The van der Waals surface area contributed by atoms with Crippen LogP contribution in [0.1, 0.15) is 6.42 Å². The van der Waals surface area contributed by atoms with Crippen molar-refractivity contribution in [2.75, 3.05) is 6.54 Å². The van der Waals surface area contributed by atoms with Crippen molar-refractivity contribution in [1.82, 2.24) is 0 Å². The van der Waals surface area contributed by atoms with E-state index in [4.69, 9.17) is 23.2 Å². The van der Waals surface area contributed by atoms with Crippen LogP contribution in [0, 0.1) is 0 Å². The second kappa shape index (κ2) is 2.46. The molecule has 0 bridgehead atoms. The Kier molecular flexibility index (Phi) is 1.86. The first kappa shape index (κ1) is 6.05. The summed E-state index contributed by atoms with van der Waals surface area (Å²) in [7, 11) is 0. The monoisotopic (exact) mass is 150 g/mol. The van der Waals surface area contributed by atoms with Gasteiger partial charge in [-0.25, -0.2) is 4.99 Å². The van der Waals surface area contributed by atoms with Crippen LogP contribution in [0.5, 0.6) is 0 Å². The Morgan fingerprint density at radius 2 is 2.12 bits per heavy atom. The number of hydrogen-bond acceptors (Lipinski definition) is 2. The molecule has 0 N–H and O–H groups in total. The summed E-state index contributed by atoms with van der Waals surface area (Å²) in [6.45, 7) is 0.668. The third kappa shape index (κ3) is 1.46. The Morgan fingerprint density at radius 3 is 2.50 bits per heavy atom. The molecule has 0 spiro atoms. The van der Waals surface area contributed by atoms with Gasteiger partial charge in [-0.3, -0.25) is 4.99 Å². The molecule has 0 aromatic carbocycles. The molecule has 0 radical (unpaired) electrons. The lowest BCUT2D eigenvalue weighted by molar-refractivity contribution is 1.03. The number of nitrogens with zero attached hydrogens (tertiary/aromatic N) is 2. The van der Waals surface area contributed by atoms with E-state index >= 15 is 0 Å². The maximum absolute atomic E-state index is 5.50. The molecule has 0 aliphatic carbocycles. The molecule has 4 heteroatoms. The molecule has 0 saturated carbocycles. The van der Waals surface area contributed by atoms with Gasteiger partial charge in [0.05, 0.1) is 0 Å². The molecule has 0 amide bonds. The lowest BCUT2D eigenvalue weighted by Gasteiger charge is -1.99. The standard InChI is InChI=1S/C4H4Cl2N2/c5-3-1-2-7-4(6)8-3/h1-2H2. The lowest BCUT2D eigenvalue weighted by atomic mass is 10.4. The first-order valence-corrected chi connectivity index (χ1v) is 2.97. The molecule has 2 nitrogen and oxygen atoms in total. The summed E-state index contributed by atoms with van der Waals surface area (Å²) in [4.78, 5) is 7.47. The molecule has 0 unspecified atom stereocenters. The van der Waals surface area contributed by atoms with Crippen molar-refractivity contribution >= 4 is 33.7 Å². The smallest absolute Gasteiger partial charge is 0.218 e. The molecule has 1 aliphatic rings. The Labute approximate surface area is 57.2 Å². The minimum atomic E-state index is 0.265. The van der Waals surface area contributed by atoms with Crippen molar-refractivity contribution in [2.45, 2.75) is 6.42 Å². The molecule has 0 aromatic rings. The third-order valence-corrected chi connectivity index (χ3v) is 1.25. The lowest BCUT2D eigenvalue weighted by Crippen LogP contribution is -2.01. The fourth-order valence-electron chi connectivity index (χ4n) is 0.432. The van der Waals surface area contributed by atoms with Crippen molar-refractivity contribution < 1.29 is 0 Å². The van der Waals surface area contributed by atoms with E-state index in [0.29, 0.717) is 11.7 Å². The van der Waals surface area contributed by atoms with E-state index < -0.39 is 0 Å². The highest BCUT2D eigenvalue weighted by atomic mass is 35.5. The normalized spacial score (nSPS) is 19.8. The minimum Gasteiger partial charge on any atom is -0.256 e. The summed E-state index contributed by atoms with van der Waals surface area (Å²) in [5.41, 5.74) is 0. The zero-order valence-corrected chi connectivity index (χ0v) is 5.58. The van der Waals surface area contributed by atoms with Gasteiger partial charge in [0.15, 0.2) is 0 Å². The van der Waals surface area contributed by atoms with Crippen LogP contribution < -0.4 is 0 Å². The summed E-state index contributed by atoms with van der Waals surface area (Å²) in [5, 5.41) is 0.811. The van der Waals surface area contributed by atoms with Crippen LogP contribution in [0.4, 0.5) is 0 Å². The number of halogens is 2. The van der Waals surface area contributed by atoms with E-state index in [-0.39, 0.29) is 5.29 Å². The maximum Gasteiger partial charge on any atom is 0.218 e. The Balaban J connectivity index is 2.69. The van der Waals surface area contributed by atoms with Gasteiger partial charge < -0.3 is 0 Å². The Bertz CT molecular complexity index is 150. The summed E-state index contributed by atoms with van der Waals surface area (Å²) < 4.78 is 0. The zero-order valence-electron chi connectivity index (χ0n) is 4.06. The van der Waals surface area contributed by atoms with Crippen molar-refractivity contribution in [3.63, 3.8) is 0 Å². The largest absolute Gasteiger partial charge is 0.256 e. The summed E-state index contributed by atoms with van der Waals surface area (Å²) in [6, 6.07) is 0. The summed E-state index contributed by atoms with van der Waals surface area (Å²) >= 11 is 10.9. The highest BCUT2D eigenvalue weighted by molar-refractivity contribution is 6.72. The van der Waals surface area contributed by atoms with Gasteiger partial charge in [0, 0.05) is 13.0 Å². The fraction of sp³-hybridized carbons (Fsp3) is 0.500. The summed E-state index contributed by atoms with van der Waals surface area (Å²) in [5.74, 6) is 0. The second-order valence-corrected chi connectivity index (χ2v) is 2.16. The molecule has 0 saturated heterocycles. The van der Waals surface area contributed by atoms with Crippen LogP contribution in [0.15, 0.2) is 9.98 Å². The first-order valence-electron chi connectivity index (χ1n) is 2.22.